The van der Waals surface area contributed by atoms with Crippen LogP contribution in [0.25, 0.3) is 0 Å². The molecule has 2 atom stereocenters. The van der Waals surface area contributed by atoms with E-state index in [1.165, 1.54) is 0 Å². The number of hydrogen-bond donors (Lipinski definition) is 0. The summed E-state index contributed by atoms with van der Waals surface area (Å²) in [6, 6.07) is 0.406. The van der Waals surface area contributed by atoms with E-state index >= 15 is 0 Å². The van der Waals surface area contributed by atoms with Crippen molar-refractivity contribution >= 4 is 5.91 Å². The van der Waals surface area contributed by atoms with Gasteiger partial charge in [0.2, 0.25) is 5.91 Å². The molecular formula is C13H21NO3. The lowest BCUT2D eigenvalue weighted by Crippen LogP contribution is -2.49. The molecule has 0 unspecified atom stereocenters. The van der Waals surface area contributed by atoms with Gasteiger partial charge in [0.25, 0.3) is 0 Å². The Morgan fingerprint density at radius 1 is 1.35 bits per heavy atom. The molecule has 3 rings (SSSR count). The van der Waals surface area contributed by atoms with E-state index in [4.69, 9.17) is 9.47 Å². The third kappa shape index (κ3) is 1.97. The van der Waals surface area contributed by atoms with Crippen molar-refractivity contribution in [2.45, 2.75) is 50.9 Å². The lowest BCUT2D eigenvalue weighted by atomic mass is 9.81. The molecule has 3 aliphatic rings. The summed E-state index contributed by atoms with van der Waals surface area (Å²) >= 11 is 0. The summed E-state index contributed by atoms with van der Waals surface area (Å²) in [5, 5.41) is 0. The Labute approximate surface area is 102 Å². The van der Waals surface area contributed by atoms with Crippen LogP contribution in [-0.2, 0) is 14.3 Å². The summed E-state index contributed by atoms with van der Waals surface area (Å²) in [4.78, 5) is 13.9. The fraction of sp³-hybridized carbons (Fsp3) is 0.923. The third-order valence-electron chi connectivity index (χ3n) is 4.43. The van der Waals surface area contributed by atoms with Crippen LogP contribution in [0.4, 0.5) is 0 Å². The minimum Gasteiger partial charge on any atom is -0.348 e. The van der Waals surface area contributed by atoms with Gasteiger partial charge >= 0.3 is 0 Å². The average Bonchev–Trinajstić information content (AvgIpc) is 2.90. The first-order valence-electron chi connectivity index (χ1n) is 6.78. The largest absolute Gasteiger partial charge is 0.348 e. The Balaban J connectivity index is 1.67. The SMILES string of the molecule is C[C@@H]1CC2(CC[C@@H]1N1CCCC1=O)OCCO2. The van der Waals surface area contributed by atoms with Crippen LogP contribution < -0.4 is 0 Å². The Morgan fingerprint density at radius 3 is 2.71 bits per heavy atom. The number of ether oxygens (including phenoxy) is 2. The van der Waals surface area contributed by atoms with Gasteiger partial charge in [0, 0.05) is 31.8 Å². The molecule has 0 aromatic heterocycles. The van der Waals surface area contributed by atoms with Gasteiger partial charge in [-0.15, -0.1) is 0 Å². The molecule has 0 bridgehead atoms. The molecule has 0 aromatic rings. The van der Waals surface area contributed by atoms with E-state index in [2.05, 4.69) is 11.8 Å². The number of carbonyl (C=O) groups excluding carboxylic acids is 1. The molecule has 1 spiro atoms. The summed E-state index contributed by atoms with van der Waals surface area (Å²) in [6.45, 7) is 4.62. The van der Waals surface area contributed by atoms with Crippen molar-refractivity contribution in [2.75, 3.05) is 19.8 Å². The molecule has 4 heteroatoms. The van der Waals surface area contributed by atoms with Crippen molar-refractivity contribution in [3.05, 3.63) is 0 Å². The number of likely N-dealkylation sites (tertiary alicyclic amines) is 1. The highest BCUT2D eigenvalue weighted by atomic mass is 16.7. The first-order valence-corrected chi connectivity index (χ1v) is 6.78. The minimum absolute atomic E-state index is 0.321. The van der Waals surface area contributed by atoms with Gasteiger partial charge in [-0.3, -0.25) is 4.79 Å². The highest BCUT2D eigenvalue weighted by Crippen LogP contribution is 2.41. The molecule has 3 fully saturated rings. The molecule has 1 aliphatic carbocycles. The van der Waals surface area contributed by atoms with Crippen LogP contribution in [-0.4, -0.2) is 42.4 Å². The lowest BCUT2D eigenvalue weighted by molar-refractivity contribution is -0.195. The van der Waals surface area contributed by atoms with Gasteiger partial charge in [-0.05, 0) is 18.8 Å². The zero-order valence-corrected chi connectivity index (χ0v) is 10.5. The van der Waals surface area contributed by atoms with Crippen molar-refractivity contribution < 1.29 is 14.3 Å². The third-order valence-corrected chi connectivity index (χ3v) is 4.43. The maximum Gasteiger partial charge on any atom is 0.222 e. The fourth-order valence-corrected chi connectivity index (χ4v) is 3.62. The predicted molar refractivity (Wildman–Crippen MR) is 62.4 cm³/mol. The van der Waals surface area contributed by atoms with E-state index in [0.717, 1.165) is 51.9 Å². The first kappa shape index (κ1) is 11.5. The summed E-state index contributed by atoms with van der Waals surface area (Å²) in [7, 11) is 0. The van der Waals surface area contributed by atoms with Crippen LogP contribution in [0.15, 0.2) is 0 Å². The molecule has 0 N–H and O–H groups in total. The molecule has 1 amide bonds. The zero-order chi connectivity index (χ0) is 11.9. The second-order valence-corrected chi connectivity index (χ2v) is 5.59. The average molecular weight is 239 g/mol. The molecule has 2 heterocycles. The summed E-state index contributed by atoms with van der Waals surface area (Å²) < 4.78 is 11.5. The number of rotatable bonds is 1. The van der Waals surface area contributed by atoms with Crippen molar-refractivity contribution in [3.63, 3.8) is 0 Å². The van der Waals surface area contributed by atoms with Gasteiger partial charge in [0.1, 0.15) is 0 Å². The highest BCUT2D eigenvalue weighted by molar-refractivity contribution is 5.78. The quantitative estimate of drug-likeness (QED) is 0.696. The number of amides is 1. The predicted octanol–water partition coefficient (Wildman–Crippen LogP) is 1.54. The molecule has 2 saturated heterocycles. The monoisotopic (exact) mass is 239 g/mol. The minimum atomic E-state index is -0.321. The first-order chi connectivity index (χ1) is 8.20. The number of nitrogens with zero attached hydrogens (tertiary/aromatic N) is 1. The van der Waals surface area contributed by atoms with Gasteiger partial charge in [-0.25, -0.2) is 0 Å². The maximum atomic E-state index is 11.8. The van der Waals surface area contributed by atoms with Crippen LogP contribution in [0.2, 0.25) is 0 Å². The summed E-state index contributed by atoms with van der Waals surface area (Å²) in [5.41, 5.74) is 0. The topological polar surface area (TPSA) is 38.8 Å². The molecule has 17 heavy (non-hydrogen) atoms. The van der Waals surface area contributed by atoms with Gasteiger partial charge in [0.15, 0.2) is 5.79 Å². The maximum absolute atomic E-state index is 11.8. The van der Waals surface area contributed by atoms with Crippen molar-refractivity contribution in [1.82, 2.24) is 4.90 Å². The number of hydrogen-bond acceptors (Lipinski definition) is 3. The van der Waals surface area contributed by atoms with E-state index < -0.39 is 0 Å². The Hall–Kier alpha value is -0.610. The Bertz CT molecular complexity index is 312. The van der Waals surface area contributed by atoms with E-state index in [-0.39, 0.29) is 5.79 Å². The summed E-state index contributed by atoms with van der Waals surface area (Å²) in [6.07, 6.45) is 4.65. The van der Waals surface area contributed by atoms with Gasteiger partial charge in [-0.1, -0.05) is 6.92 Å². The molecule has 2 aliphatic heterocycles. The highest BCUT2D eigenvalue weighted by Gasteiger charge is 2.46. The standard InChI is InChI=1S/C13H21NO3/c1-10-9-13(16-7-8-17-13)5-4-11(10)14-6-2-3-12(14)15/h10-11H,2-9H2,1H3/t10-,11+/m1/s1. The molecular weight excluding hydrogens is 218 g/mol. The lowest BCUT2D eigenvalue weighted by Gasteiger charge is -2.43. The molecule has 0 radical (unpaired) electrons. The fourth-order valence-electron chi connectivity index (χ4n) is 3.62. The van der Waals surface area contributed by atoms with Gasteiger partial charge in [0.05, 0.1) is 13.2 Å². The Morgan fingerprint density at radius 2 is 2.12 bits per heavy atom. The molecule has 1 saturated carbocycles. The van der Waals surface area contributed by atoms with E-state index in [0.29, 0.717) is 17.9 Å². The van der Waals surface area contributed by atoms with Crippen LogP contribution in [0, 0.1) is 5.92 Å². The van der Waals surface area contributed by atoms with Gasteiger partial charge < -0.3 is 14.4 Å². The van der Waals surface area contributed by atoms with E-state index in [1.54, 1.807) is 0 Å². The van der Waals surface area contributed by atoms with Crippen LogP contribution in [0.1, 0.15) is 39.0 Å². The van der Waals surface area contributed by atoms with Crippen LogP contribution in [0.3, 0.4) is 0 Å². The van der Waals surface area contributed by atoms with Crippen molar-refractivity contribution in [2.24, 2.45) is 5.92 Å². The second-order valence-electron chi connectivity index (χ2n) is 5.59. The smallest absolute Gasteiger partial charge is 0.222 e. The Kier molecular flexibility index (Phi) is 2.87. The summed E-state index contributed by atoms with van der Waals surface area (Å²) in [5.74, 6) is 0.494. The second kappa shape index (κ2) is 4.25. The zero-order valence-electron chi connectivity index (χ0n) is 10.5. The molecule has 0 aromatic carbocycles. The van der Waals surface area contributed by atoms with Gasteiger partial charge in [-0.2, -0.15) is 0 Å². The van der Waals surface area contributed by atoms with E-state index in [9.17, 15) is 4.79 Å². The van der Waals surface area contributed by atoms with Crippen LogP contribution >= 0.6 is 0 Å². The van der Waals surface area contributed by atoms with Crippen molar-refractivity contribution in [3.8, 4) is 0 Å². The molecule has 96 valence electrons. The number of carbonyl (C=O) groups is 1. The molecule has 4 nitrogen and oxygen atoms in total. The van der Waals surface area contributed by atoms with E-state index in [1.807, 2.05) is 0 Å². The van der Waals surface area contributed by atoms with Crippen molar-refractivity contribution in [1.29, 1.82) is 0 Å². The normalized spacial score (nSPS) is 37.0. The van der Waals surface area contributed by atoms with Crippen LogP contribution in [0.5, 0.6) is 0 Å².